The van der Waals surface area contributed by atoms with E-state index in [0.717, 1.165) is 22.5 Å². The Morgan fingerprint density at radius 1 is 0.562 bits per heavy atom. The molecule has 0 aliphatic heterocycles. The normalized spacial score (nSPS) is 10.9. The number of benzene rings is 4. The summed E-state index contributed by atoms with van der Waals surface area (Å²) in [6.45, 7) is 0.662. The molecule has 5 rings (SSSR count). The van der Waals surface area contributed by atoms with Gasteiger partial charge in [-0.2, -0.15) is 0 Å². The van der Waals surface area contributed by atoms with Gasteiger partial charge < -0.3 is 9.47 Å². The van der Waals surface area contributed by atoms with Crippen molar-refractivity contribution in [2.75, 3.05) is 13.2 Å². The molecule has 5 nitrogen and oxygen atoms in total. The van der Waals surface area contributed by atoms with Gasteiger partial charge in [-0.25, -0.2) is 9.36 Å². The molecule has 4 aromatic carbocycles. The summed E-state index contributed by atoms with van der Waals surface area (Å²) in [6.07, 6.45) is 0. The molecule has 5 heteroatoms. The Labute approximate surface area is 185 Å². The number of nitrogens with zero attached hydrogens (tertiary/aromatic N) is 2. The highest BCUT2D eigenvalue weighted by Crippen LogP contribution is 2.22. The minimum Gasteiger partial charge on any atom is -0.490 e. The molecule has 0 aliphatic rings. The van der Waals surface area contributed by atoms with Crippen molar-refractivity contribution in [1.82, 2.24) is 9.36 Å². The number of aromatic nitrogens is 2. The predicted octanol–water partition coefficient (Wildman–Crippen LogP) is 5.24. The quantitative estimate of drug-likeness (QED) is 0.337. The fraction of sp³-hybridized carbons (Fsp3) is 0.0741. The molecule has 0 radical (unpaired) electrons. The van der Waals surface area contributed by atoms with Gasteiger partial charge >= 0.3 is 0 Å². The van der Waals surface area contributed by atoms with Gasteiger partial charge in [0.1, 0.15) is 19.0 Å². The third kappa shape index (κ3) is 4.01. The summed E-state index contributed by atoms with van der Waals surface area (Å²) in [7, 11) is 0. The van der Waals surface area contributed by atoms with Crippen LogP contribution in [0, 0.1) is 0 Å². The molecule has 0 aliphatic carbocycles. The maximum atomic E-state index is 12.8. The van der Waals surface area contributed by atoms with Gasteiger partial charge in [0, 0.05) is 0 Å². The molecule has 1 aromatic heterocycles. The molecule has 1 heterocycles. The lowest BCUT2D eigenvalue weighted by Crippen LogP contribution is -2.20. The van der Waals surface area contributed by atoms with Crippen molar-refractivity contribution in [3.8, 4) is 23.0 Å². The molecule has 0 amide bonds. The molecule has 32 heavy (non-hydrogen) atoms. The van der Waals surface area contributed by atoms with Gasteiger partial charge in [0.15, 0.2) is 0 Å². The maximum Gasteiger partial charge on any atom is 0.275 e. The van der Waals surface area contributed by atoms with Crippen LogP contribution in [0.3, 0.4) is 0 Å². The fourth-order valence-corrected chi connectivity index (χ4v) is 3.71. The van der Waals surface area contributed by atoms with Gasteiger partial charge in [-0.3, -0.25) is 4.79 Å². The van der Waals surface area contributed by atoms with E-state index >= 15 is 0 Å². The second-order valence-electron chi connectivity index (χ2n) is 7.32. The Balaban J connectivity index is 1.37. The lowest BCUT2D eigenvalue weighted by molar-refractivity contribution is 0.207. The number of hydrogen-bond donors (Lipinski definition) is 0. The smallest absolute Gasteiger partial charge is 0.275 e. The van der Waals surface area contributed by atoms with Crippen LogP contribution in [0.2, 0.25) is 0 Å². The van der Waals surface area contributed by atoms with Crippen molar-refractivity contribution >= 4 is 10.8 Å². The number of hydrogen-bond acceptors (Lipinski definition) is 3. The summed E-state index contributed by atoms with van der Waals surface area (Å²) in [5.41, 5.74) is 1.44. The molecular formula is C27H22N2O3. The first-order chi connectivity index (χ1) is 15.8. The summed E-state index contributed by atoms with van der Waals surface area (Å²) in [6, 6.07) is 34.9. The topological polar surface area (TPSA) is 45.4 Å². The third-order valence-corrected chi connectivity index (χ3v) is 5.19. The van der Waals surface area contributed by atoms with E-state index < -0.39 is 0 Å². The highest BCUT2D eigenvalue weighted by atomic mass is 16.5. The molecule has 0 bridgehead atoms. The van der Waals surface area contributed by atoms with E-state index in [1.165, 1.54) is 11.5 Å². The van der Waals surface area contributed by atoms with Crippen molar-refractivity contribution in [2.24, 2.45) is 0 Å². The molecule has 0 spiro atoms. The zero-order valence-electron chi connectivity index (χ0n) is 17.4. The van der Waals surface area contributed by atoms with E-state index in [4.69, 9.17) is 9.47 Å². The number of fused-ring (bicyclic) bond motifs is 1. The molecule has 0 saturated carbocycles. The Morgan fingerprint density at radius 3 is 1.88 bits per heavy atom. The van der Waals surface area contributed by atoms with Crippen LogP contribution in [0.15, 0.2) is 114 Å². The molecule has 0 unspecified atom stereocenters. The number of ether oxygens (including phenoxy) is 2. The van der Waals surface area contributed by atoms with E-state index in [-0.39, 0.29) is 5.56 Å². The van der Waals surface area contributed by atoms with E-state index in [1.807, 2.05) is 91.0 Å². The Morgan fingerprint density at radius 2 is 1.16 bits per heavy atom. The summed E-state index contributed by atoms with van der Waals surface area (Å²) < 4.78 is 15.3. The second-order valence-corrected chi connectivity index (χ2v) is 7.32. The van der Waals surface area contributed by atoms with Crippen LogP contribution < -0.4 is 15.0 Å². The zero-order chi connectivity index (χ0) is 21.8. The SMILES string of the molecule is O=c1cc(OCCOc2ccc3ccccc3c2)n(-c2ccccc2)n1-c1ccccc1. The largest absolute Gasteiger partial charge is 0.490 e. The average Bonchev–Trinajstić information content (AvgIpc) is 3.18. The standard InChI is InChI=1S/C27H22N2O3/c30-26-20-27(32-18-17-31-25-16-15-21-9-7-8-10-22(21)19-25)29(24-13-5-2-6-14-24)28(26)23-11-3-1-4-12-23/h1-16,19-20H,17-18H2. The maximum absolute atomic E-state index is 12.8. The van der Waals surface area contributed by atoms with Crippen LogP contribution in [0.4, 0.5) is 0 Å². The second kappa shape index (κ2) is 8.86. The first kappa shape index (κ1) is 19.7. The van der Waals surface area contributed by atoms with E-state index in [9.17, 15) is 4.79 Å². The first-order valence-electron chi connectivity index (χ1n) is 10.5. The molecule has 0 N–H and O–H groups in total. The molecule has 0 fully saturated rings. The van der Waals surface area contributed by atoms with Gasteiger partial charge in [-0.1, -0.05) is 66.7 Å². The van der Waals surface area contributed by atoms with Crippen molar-refractivity contribution < 1.29 is 9.47 Å². The van der Waals surface area contributed by atoms with E-state index in [1.54, 1.807) is 9.36 Å². The molecular weight excluding hydrogens is 400 g/mol. The Kier molecular flexibility index (Phi) is 5.45. The van der Waals surface area contributed by atoms with Gasteiger partial charge in [0.2, 0.25) is 5.88 Å². The van der Waals surface area contributed by atoms with E-state index in [2.05, 4.69) is 12.1 Å². The third-order valence-electron chi connectivity index (χ3n) is 5.19. The molecule has 0 saturated heterocycles. The Hall–Kier alpha value is -4.25. The minimum absolute atomic E-state index is 0.162. The number of rotatable bonds is 7. The fourth-order valence-electron chi connectivity index (χ4n) is 3.71. The minimum atomic E-state index is -0.162. The van der Waals surface area contributed by atoms with Crippen LogP contribution in [0.5, 0.6) is 11.6 Å². The van der Waals surface area contributed by atoms with Crippen LogP contribution in [-0.4, -0.2) is 22.6 Å². The van der Waals surface area contributed by atoms with Gasteiger partial charge in [0.05, 0.1) is 17.4 Å². The van der Waals surface area contributed by atoms with Crippen LogP contribution in [0.25, 0.3) is 22.1 Å². The summed E-state index contributed by atoms with van der Waals surface area (Å²) in [5.74, 6) is 1.25. The Bertz CT molecular complexity index is 1390. The number of para-hydroxylation sites is 2. The highest BCUT2D eigenvalue weighted by Gasteiger charge is 2.15. The van der Waals surface area contributed by atoms with Crippen molar-refractivity contribution in [1.29, 1.82) is 0 Å². The molecule has 5 aromatic rings. The van der Waals surface area contributed by atoms with E-state index in [0.29, 0.717) is 19.1 Å². The first-order valence-corrected chi connectivity index (χ1v) is 10.5. The summed E-state index contributed by atoms with van der Waals surface area (Å²) in [4.78, 5) is 12.8. The van der Waals surface area contributed by atoms with Gasteiger partial charge in [0.25, 0.3) is 5.56 Å². The lowest BCUT2D eigenvalue weighted by Gasteiger charge is -2.15. The van der Waals surface area contributed by atoms with Crippen molar-refractivity contribution in [3.05, 3.63) is 120 Å². The van der Waals surface area contributed by atoms with Gasteiger partial charge in [-0.15, -0.1) is 0 Å². The molecule has 158 valence electrons. The van der Waals surface area contributed by atoms with Crippen LogP contribution in [-0.2, 0) is 0 Å². The summed E-state index contributed by atoms with van der Waals surface area (Å²) >= 11 is 0. The van der Waals surface area contributed by atoms with Crippen molar-refractivity contribution in [3.63, 3.8) is 0 Å². The predicted molar refractivity (Wildman–Crippen MR) is 126 cm³/mol. The highest BCUT2D eigenvalue weighted by molar-refractivity contribution is 5.83. The molecule has 0 atom stereocenters. The lowest BCUT2D eigenvalue weighted by atomic mass is 10.1. The zero-order valence-corrected chi connectivity index (χ0v) is 17.4. The van der Waals surface area contributed by atoms with Crippen LogP contribution in [0.1, 0.15) is 0 Å². The monoisotopic (exact) mass is 422 g/mol. The van der Waals surface area contributed by atoms with Gasteiger partial charge in [-0.05, 0) is 47.2 Å². The summed E-state index contributed by atoms with van der Waals surface area (Å²) in [5, 5.41) is 2.30. The van der Waals surface area contributed by atoms with Crippen molar-refractivity contribution in [2.45, 2.75) is 0 Å². The van der Waals surface area contributed by atoms with Crippen LogP contribution >= 0.6 is 0 Å². The average molecular weight is 422 g/mol.